The quantitative estimate of drug-likeness (QED) is 0.637. The van der Waals surface area contributed by atoms with E-state index in [0.29, 0.717) is 11.2 Å². The average molecular weight is 355 g/mol. The van der Waals surface area contributed by atoms with Crippen molar-refractivity contribution in [3.63, 3.8) is 0 Å². The molecule has 2 nitrogen and oxygen atoms in total. The Hall–Kier alpha value is -0.630. The number of fused-ring (bicyclic) bond motifs is 6. The Balaban J connectivity index is 1.39. The maximum Gasteiger partial charge on any atom is 0.155 e. The van der Waals surface area contributed by atoms with Gasteiger partial charge in [0.2, 0.25) is 0 Å². The predicted molar refractivity (Wildman–Crippen MR) is 102 cm³/mol. The minimum absolute atomic E-state index is 0.218. The Morgan fingerprint density at radius 3 is 2.69 bits per heavy atom. The standard InChI is InChI=1S/C24H34O2/c1-23-10-7-19-18-6-5-17(25)13-16(18)14-20(15-3-4-15)22(19)21(23)8-11-24(23)9-2-12-26-24/h13,15,18-22H,2-12,14H2,1H3/t18-,19?,20?,21?,22?,23-,24-/m0/s1. The Bertz CT molecular complexity index is 653. The second kappa shape index (κ2) is 5.46. The van der Waals surface area contributed by atoms with Gasteiger partial charge in [0.25, 0.3) is 0 Å². The molecule has 1 spiro atoms. The zero-order chi connectivity index (χ0) is 17.5. The SMILES string of the molecule is C[C@]12CCC3C(C(C4CC4)CC4=CC(=O)CC[C@@H]43)C1CC[C@@]21CCCO1. The first-order chi connectivity index (χ1) is 12.6. The number of hydrogen-bond donors (Lipinski definition) is 0. The highest BCUT2D eigenvalue weighted by Gasteiger charge is 2.66. The number of carbonyl (C=O) groups is 1. The normalized spacial score (nSPS) is 53.2. The Morgan fingerprint density at radius 1 is 1.04 bits per heavy atom. The van der Waals surface area contributed by atoms with Crippen molar-refractivity contribution in [3.05, 3.63) is 11.6 Å². The van der Waals surface area contributed by atoms with Crippen LogP contribution in [0, 0.1) is 40.9 Å². The lowest BCUT2D eigenvalue weighted by Crippen LogP contribution is -2.54. The molecule has 0 bridgehead atoms. The molecule has 26 heavy (non-hydrogen) atoms. The van der Waals surface area contributed by atoms with Crippen LogP contribution in [0.3, 0.4) is 0 Å². The summed E-state index contributed by atoms with van der Waals surface area (Å²) in [6.07, 6.45) is 16.3. The van der Waals surface area contributed by atoms with Crippen LogP contribution in [0.1, 0.15) is 77.6 Å². The number of hydrogen-bond acceptors (Lipinski definition) is 2. The van der Waals surface area contributed by atoms with Crippen LogP contribution in [-0.2, 0) is 9.53 Å². The van der Waals surface area contributed by atoms with Gasteiger partial charge in [-0.05, 0) is 111 Å². The van der Waals surface area contributed by atoms with Crippen molar-refractivity contribution in [1.29, 1.82) is 0 Å². The van der Waals surface area contributed by atoms with Gasteiger partial charge in [0.15, 0.2) is 5.78 Å². The number of ether oxygens (including phenoxy) is 1. The number of carbonyl (C=O) groups excluding carboxylic acids is 1. The van der Waals surface area contributed by atoms with Gasteiger partial charge in [-0.3, -0.25) is 4.79 Å². The van der Waals surface area contributed by atoms with Crippen molar-refractivity contribution in [3.8, 4) is 0 Å². The number of allylic oxidation sites excluding steroid dienone is 1. The fraction of sp³-hybridized carbons (Fsp3) is 0.875. The maximum atomic E-state index is 12.1. The molecule has 0 amide bonds. The van der Waals surface area contributed by atoms with Gasteiger partial charge in [-0.25, -0.2) is 0 Å². The van der Waals surface area contributed by atoms with E-state index in [-0.39, 0.29) is 5.60 Å². The van der Waals surface area contributed by atoms with E-state index in [0.717, 1.165) is 55.0 Å². The lowest BCUT2D eigenvalue weighted by molar-refractivity contribution is -0.138. The maximum absolute atomic E-state index is 12.1. The summed E-state index contributed by atoms with van der Waals surface area (Å²) >= 11 is 0. The second-order valence-corrected chi connectivity index (χ2v) is 10.8. The Kier molecular flexibility index (Phi) is 3.43. The first-order valence-electron chi connectivity index (χ1n) is 11.5. The van der Waals surface area contributed by atoms with Crippen molar-refractivity contribution in [1.82, 2.24) is 0 Å². The molecular weight excluding hydrogens is 320 g/mol. The van der Waals surface area contributed by atoms with Gasteiger partial charge in [0, 0.05) is 13.0 Å². The molecule has 5 aliphatic carbocycles. The molecule has 1 heterocycles. The minimum atomic E-state index is 0.218. The topological polar surface area (TPSA) is 26.3 Å². The summed E-state index contributed by atoms with van der Waals surface area (Å²) in [5.74, 6) is 5.63. The van der Waals surface area contributed by atoms with E-state index in [1.54, 1.807) is 5.57 Å². The molecular formula is C24H34O2. The highest BCUT2D eigenvalue weighted by molar-refractivity contribution is 5.91. The van der Waals surface area contributed by atoms with Crippen LogP contribution in [-0.4, -0.2) is 18.0 Å². The number of rotatable bonds is 1. The summed E-state index contributed by atoms with van der Waals surface area (Å²) in [4.78, 5) is 12.1. The summed E-state index contributed by atoms with van der Waals surface area (Å²) in [6, 6.07) is 0. The predicted octanol–water partition coefficient (Wildman–Crippen LogP) is 5.31. The lowest BCUT2D eigenvalue weighted by atomic mass is 9.47. The summed E-state index contributed by atoms with van der Waals surface area (Å²) in [5.41, 5.74) is 2.20. The third kappa shape index (κ3) is 2.06. The molecule has 1 aliphatic heterocycles. The lowest BCUT2D eigenvalue weighted by Gasteiger charge is -2.58. The molecule has 0 aromatic carbocycles. The van der Waals surface area contributed by atoms with E-state index in [9.17, 15) is 4.79 Å². The number of ketones is 1. The highest BCUT2D eigenvalue weighted by atomic mass is 16.5. The van der Waals surface area contributed by atoms with Crippen LogP contribution in [0.25, 0.3) is 0 Å². The average Bonchev–Trinajstić information content (AvgIpc) is 3.29. The third-order valence-electron chi connectivity index (χ3n) is 10.0. The van der Waals surface area contributed by atoms with E-state index < -0.39 is 0 Å². The first-order valence-corrected chi connectivity index (χ1v) is 11.5. The van der Waals surface area contributed by atoms with E-state index in [1.807, 2.05) is 0 Å². The van der Waals surface area contributed by atoms with Gasteiger partial charge < -0.3 is 4.74 Å². The molecule has 7 atom stereocenters. The summed E-state index contributed by atoms with van der Waals surface area (Å²) in [5, 5.41) is 0. The molecule has 0 radical (unpaired) electrons. The van der Waals surface area contributed by atoms with Gasteiger partial charge in [-0.1, -0.05) is 12.5 Å². The molecule has 142 valence electrons. The monoisotopic (exact) mass is 354 g/mol. The summed E-state index contributed by atoms with van der Waals surface area (Å²) in [7, 11) is 0. The van der Waals surface area contributed by atoms with Gasteiger partial charge in [0.1, 0.15) is 0 Å². The Labute approximate surface area is 158 Å². The summed E-state index contributed by atoms with van der Waals surface area (Å²) < 4.78 is 6.53. The molecule has 0 aromatic rings. The van der Waals surface area contributed by atoms with E-state index in [4.69, 9.17) is 4.74 Å². The molecule has 2 heteroatoms. The van der Waals surface area contributed by atoms with Gasteiger partial charge in [0.05, 0.1) is 5.60 Å². The molecule has 4 unspecified atom stereocenters. The zero-order valence-electron chi connectivity index (χ0n) is 16.3. The van der Waals surface area contributed by atoms with Crippen molar-refractivity contribution >= 4 is 5.78 Å². The van der Waals surface area contributed by atoms with Crippen LogP contribution in [0.4, 0.5) is 0 Å². The van der Waals surface area contributed by atoms with E-state index in [2.05, 4.69) is 13.0 Å². The third-order valence-corrected chi connectivity index (χ3v) is 10.0. The molecule has 5 fully saturated rings. The molecule has 6 aliphatic rings. The van der Waals surface area contributed by atoms with Gasteiger partial charge >= 0.3 is 0 Å². The van der Waals surface area contributed by atoms with Crippen LogP contribution in [0.15, 0.2) is 11.6 Å². The minimum Gasteiger partial charge on any atom is -0.374 e. The van der Waals surface area contributed by atoms with Crippen molar-refractivity contribution < 1.29 is 9.53 Å². The fourth-order valence-corrected chi connectivity index (χ4v) is 8.73. The largest absolute Gasteiger partial charge is 0.374 e. The van der Waals surface area contributed by atoms with Crippen LogP contribution in [0.2, 0.25) is 0 Å². The van der Waals surface area contributed by atoms with Crippen molar-refractivity contribution in [2.45, 2.75) is 83.2 Å². The van der Waals surface area contributed by atoms with Crippen molar-refractivity contribution in [2.24, 2.45) is 40.9 Å². The first kappa shape index (κ1) is 16.3. The van der Waals surface area contributed by atoms with Gasteiger partial charge in [-0.2, -0.15) is 0 Å². The smallest absolute Gasteiger partial charge is 0.155 e. The van der Waals surface area contributed by atoms with Gasteiger partial charge in [-0.15, -0.1) is 0 Å². The van der Waals surface area contributed by atoms with E-state index in [1.165, 1.54) is 57.8 Å². The molecule has 0 N–H and O–H groups in total. The van der Waals surface area contributed by atoms with E-state index >= 15 is 0 Å². The Morgan fingerprint density at radius 2 is 1.92 bits per heavy atom. The highest BCUT2D eigenvalue weighted by Crippen LogP contribution is 2.70. The zero-order valence-corrected chi connectivity index (χ0v) is 16.3. The summed E-state index contributed by atoms with van der Waals surface area (Å²) in [6.45, 7) is 3.62. The second-order valence-electron chi connectivity index (χ2n) is 10.8. The van der Waals surface area contributed by atoms with Crippen LogP contribution >= 0.6 is 0 Å². The fourth-order valence-electron chi connectivity index (χ4n) is 8.73. The molecule has 6 rings (SSSR count). The van der Waals surface area contributed by atoms with Crippen LogP contribution in [0.5, 0.6) is 0 Å². The molecule has 1 saturated heterocycles. The van der Waals surface area contributed by atoms with Crippen LogP contribution < -0.4 is 0 Å². The molecule has 0 aromatic heterocycles. The van der Waals surface area contributed by atoms with Crippen molar-refractivity contribution in [2.75, 3.05) is 6.61 Å². The molecule has 4 saturated carbocycles.